The minimum absolute atomic E-state index is 0.119. The second kappa shape index (κ2) is 6.86. The van der Waals surface area contributed by atoms with Crippen molar-refractivity contribution in [1.82, 2.24) is 0 Å². The maximum absolute atomic E-state index is 13.9. The number of hydrogen-bond acceptors (Lipinski definition) is 2. The van der Waals surface area contributed by atoms with Gasteiger partial charge in [0.2, 0.25) is 0 Å². The highest BCUT2D eigenvalue weighted by Gasteiger charge is 2.11. The molecule has 2 rings (SSSR count). The third-order valence-corrected chi connectivity index (χ3v) is 3.66. The molecule has 0 saturated heterocycles. The SMILES string of the molecule is CC(Nc1ccc(CCO)cc1)c1ccc(Br)cc1F. The molecule has 2 aromatic rings. The number of anilines is 1. The second-order valence-electron chi connectivity index (χ2n) is 4.70. The fourth-order valence-corrected chi connectivity index (χ4v) is 2.41. The standard InChI is InChI=1S/C16H17BrFNO/c1-11(15-7-4-13(17)10-16(15)18)19-14-5-2-12(3-6-14)8-9-20/h2-7,10-11,19-20H,8-9H2,1H3. The molecule has 0 aromatic heterocycles. The summed E-state index contributed by atoms with van der Waals surface area (Å²) in [6, 6.07) is 12.8. The predicted octanol–water partition coefficient (Wildman–Crippen LogP) is 4.30. The summed E-state index contributed by atoms with van der Waals surface area (Å²) in [5.41, 5.74) is 2.65. The molecule has 4 heteroatoms. The van der Waals surface area contributed by atoms with Crippen molar-refractivity contribution in [3.05, 3.63) is 63.9 Å². The first-order valence-electron chi connectivity index (χ1n) is 6.51. The smallest absolute Gasteiger partial charge is 0.129 e. The van der Waals surface area contributed by atoms with Crippen molar-refractivity contribution in [3.63, 3.8) is 0 Å². The monoisotopic (exact) mass is 337 g/mol. The van der Waals surface area contributed by atoms with Crippen molar-refractivity contribution in [1.29, 1.82) is 0 Å². The molecule has 106 valence electrons. The number of hydrogen-bond donors (Lipinski definition) is 2. The third kappa shape index (κ3) is 3.81. The van der Waals surface area contributed by atoms with E-state index in [0.717, 1.165) is 15.7 Å². The lowest BCUT2D eigenvalue weighted by Crippen LogP contribution is -2.08. The molecule has 0 aliphatic heterocycles. The first kappa shape index (κ1) is 15.0. The van der Waals surface area contributed by atoms with Crippen molar-refractivity contribution < 1.29 is 9.50 Å². The summed E-state index contributed by atoms with van der Waals surface area (Å²) in [5, 5.41) is 12.1. The first-order valence-corrected chi connectivity index (χ1v) is 7.30. The molecule has 0 aliphatic carbocycles. The average molecular weight is 338 g/mol. The Bertz CT molecular complexity index is 571. The van der Waals surface area contributed by atoms with Gasteiger partial charge >= 0.3 is 0 Å². The molecule has 0 amide bonds. The molecule has 0 radical (unpaired) electrons. The van der Waals surface area contributed by atoms with Gasteiger partial charge < -0.3 is 10.4 Å². The van der Waals surface area contributed by atoms with Crippen LogP contribution in [0.5, 0.6) is 0 Å². The molecular weight excluding hydrogens is 321 g/mol. The summed E-state index contributed by atoms with van der Waals surface area (Å²) in [5.74, 6) is -0.226. The number of benzene rings is 2. The van der Waals surface area contributed by atoms with Gasteiger partial charge in [-0.25, -0.2) is 4.39 Å². The van der Waals surface area contributed by atoms with Crippen LogP contribution in [0.3, 0.4) is 0 Å². The normalized spacial score (nSPS) is 12.2. The van der Waals surface area contributed by atoms with E-state index in [0.29, 0.717) is 12.0 Å². The average Bonchev–Trinajstić information content (AvgIpc) is 2.41. The van der Waals surface area contributed by atoms with Crippen LogP contribution in [-0.4, -0.2) is 11.7 Å². The molecule has 0 fully saturated rings. The molecular formula is C16H17BrFNO. The maximum Gasteiger partial charge on any atom is 0.129 e. The van der Waals surface area contributed by atoms with Crippen molar-refractivity contribution in [2.24, 2.45) is 0 Å². The Kier molecular flexibility index (Phi) is 5.15. The fourth-order valence-electron chi connectivity index (χ4n) is 2.08. The molecule has 2 N–H and O–H groups in total. The van der Waals surface area contributed by atoms with Crippen molar-refractivity contribution in [2.45, 2.75) is 19.4 Å². The van der Waals surface area contributed by atoms with Crippen molar-refractivity contribution >= 4 is 21.6 Å². The largest absolute Gasteiger partial charge is 0.396 e. The molecule has 0 aliphatic rings. The van der Waals surface area contributed by atoms with Gasteiger partial charge in [0.25, 0.3) is 0 Å². The molecule has 0 saturated carbocycles. The van der Waals surface area contributed by atoms with Crippen LogP contribution in [0.25, 0.3) is 0 Å². The molecule has 2 nitrogen and oxygen atoms in total. The van der Waals surface area contributed by atoms with E-state index in [1.807, 2.05) is 37.3 Å². The maximum atomic E-state index is 13.9. The lowest BCUT2D eigenvalue weighted by atomic mass is 10.1. The Hall–Kier alpha value is -1.39. The molecule has 2 aromatic carbocycles. The quantitative estimate of drug-likeness (QED) is 0.852. The molecule has 0 spiro atoms. The van der Waals surface area contributed by atoms with Gasteiger partial charge in [0.05, 0.1) is 6.04 Å². The van der Waals surface area contributed by atoms with E-state index in [-0.39, 0.29) is 18.5 Å². The van der Waals surface area contributed by atoms with E-state index in [4.69, 9.17) is 5.11 Å². The van der Waals surface area contributed by atoms with Gasteiger partial charge in [-0.1, -0.05) is 34.1 Å². The third-order valence-electron chi connectivity index (χ3n) is 3.17. The summed E-state index contributed by atoms with van der Waals surface area (Å²) < 4.78 is 14.6. The number of rotatable bonds is 5. The highest BCUT2D eigenvalue weighted by Crippen LogP contribution is 2.24. The van der Waals surface area contributed by atoms with Gasteiger partial charge in [0.1, 0.15) is 5.82 Å². The molecule has 0 heterocycles. The number of halogens is 2. The Morgan fingerprint density at radius 3 is 2.50 bits per heavy atom. The zero-order valence-electron chi connectivity index (χ0n) is 11.2. The van der Waals surface area contributed by atoms with Crippen LogP contribution in [0.1, 0.15) is 24.1 Å². The van der Waals surface area contributed by atoms with Crippen LogP contribution < -0.4 is 5.32 Å². The van der Waals surface area contributed by atoms with Gasteiger partial charge in [-0.2, -0.15) is 0 Å². The van der Waals surface area contributed by atoms with Crippen molar-refractivity contribution in [3.8, 4) is 0 Å². The van der Waals surface area contributed by atoms with E-state index in [1.165, 1.54) is 6.07 Å². The Balaban J connectivity index is 2.08. The molecule has 1 unspecified atom stereocenters. The van der Waals surface area contributed by atoms with Crippen LogP contribution in [0, 0.1) is 5.82 Å². The first-order chi connectivity index (χ1) is 9.60. The zero-order chi connectivity index (χ0) is 14.5. The van der Waals surface area contributed by atoms with Gasteiger partial charge in [-0.15, -0.1) is 0 Å². The molecule has 1 atom stereocenters. The molecule has 0 bridgehead atoms. The fraction of sp³-hybridized carbons (Fsp3) is 0.250. The number of aliphatic hydroxyl groups excluding tert-OH is 1. The number of aliphatic hydroxyl groups is 1. The van der Waals surface area contributed by atoms with Crippen LogP contribution >= 0.6 is 15.9 Å². The van der Waals surface area contributed by atoms with E-state index < -0.39 is 0 Å². The zero-order valence-corrected chi connectivity index (χ0v) is 12.8. The summed E-state index contributed by atoms with van der Waals surface area (Å²) in [6.45, 7) is 2.07. The number of nitrogens with one attached hydrogen (secondary N) is 1. The van der Waals surface area contributed by atoms with Crippen LogP contribution in [0.15, 0.2) is 46.9 Å². The minimum atomic E-state index is -0.226. The van der Waals surface area contributed by atoms with E-state index in [1.54, 1.807) is 6.07 Å². The highest BCUT2D eigenvalue weighted by molar-refractivity contribution is 9.10. The lowest BCUT2D eigenvalue weighted by molar-refractivity contribution is 0.299. The second-order valence-corrected chi connectivity index (χ2v) is 5.62. The predicted molar refractivity (Wildman–Crippen MR) is 83.4 cm³/mol. The van der Waals surface area contributed by atoms with E-state index in [2.05, 4.69) is 21.2 Å². The van der Waals surface area contributed by atoms with E-state index >= 15 is 0 Å². The minimum Gasteiger partial charge on any atom is -0.396 e. The Morgan fingerprint density at radius 1 is 1.20 bits per heavy atom. The topological polar surface area (TPSA) is 32.3 Å². The summed E-state index contributed by atoms with van der Waals surface area (Å²) in [7, 11) is 0. The Labute approximate surface area is 126 Å². The van der Waals surface area contributed by atoms with Gasteiger partial charge in [0, 0.05) is 22.3 Å². The molecule has 20 heavy (non-hydrogen) atoms. The highest BCUT2D eigenvalue weighted by atomic mass is 79.9. The van der Waals surface area contributed by atoms with Gasteiger partial charge in [-0.05, 0) is 43.2 Å². The van der Waals surface area contributed by atoms with Crippen LogP contribution in [0.2, 0.25) is 0 Å². The Morgan fingerprint density at radius 2 is 1.90 bits per heavy atom. The summed E-state index contributed by atoms with van der Waals surface area (Å²) >= 11 is 3.25. The van der Waals surface area contributed by atoms with Crippen molar-refractivity contribution in [2.75, 3.05) is 11.9 Å². The van der Waals surface area contributed by atoms with Crippen LogP contribution in [-0.2, 0) is 6.42 Å². The summed E-state index contributed by atoms with van der Waals surface area (Å²) in [4.78, 5) is 0. The summed E-state index contributed by atoms with van der Waals surface area (Å²) in [6.07, 6.45) is 0.650. The lowest BCUT2D eigenvalue weighted by Gasteiger charge is -2.17. The van der Waals surface area contributed by atoms with Gasteiger partial charge in [-0.3, -0.25) is 0 Å². The van der Waals surface area contributed by atoms with Crippen LogP contribution in [0.4, 0.5) is 10.1 Å². The van der Waals surface area contributed by atoms with E-state index in [9.17, 15) is 4.39 Å². The van der Waals surface area contributed by atoms with Gasteiger partial charge in [0.15, 0.2) is 0 Å².